The lowest BCUT2D eigenvalue weighted by molar-refractivity contribution is 0.442. The molecule has 0 spiro atoms. The first-order valence-electron chi connectivity index (χ1n) is 6.97. The molecule has 2 aromatic rings. The van der Waals surface area contributed by atoms with Crippen LogP contribution in [0.25, 0.3) is 0 Å². The number of nitrogens with zero attached hydrogens (tertiary/aromatic N) is 1. The van der Waals surface area contributed by atoms with Crippen LogP contribution in [0.3, 0.4) is 0 Å². The van der Waals surface area contributed by atoms with E-state index in [2.05, 4.69) is 53.7 Å². The Balaban J connectivity index is 1.83. The molecule has 1 atom stereocenters. The van der Waals surface area contributed by atoms with Crippen LogP contribution in [0.1, 0.15) is 24.0 Å². The Hall–Kier alpha value is -1.67. The van der Waals surface area contributed by atoms with Gasteiger partial charge in [0.1, 0.15) is 0 Å². The van der Waals surface area contributed by atoms with Crippen molar-refractivity contribution in [2.75, 3.05) is 7.05 Å². The van der Waals surface area contributed by atoms with Crippen molar-refractivity contribution in [3.63, 3.8) is 0 Å². The van der Waals surface area contributed by atoms with Crippen molar-refractivity contribution in [1.29, 1.82) is 0 Å². The fourth-order valence-electron chi connectivity index (χ4n) is 3.07. The Morgan fingerprint density at radius 2 is 1.95 bits per heavy atom. The number of aromatic nitrogens is 1. The molecule has 1 saturated carbocycles. The zero-order valence-corrected chi connectivity index (χ0v) is 11.3. The normalized spacial score (nSPS) is 17.9. The molecule has 2 nitrogen and oxygen atoms in total. The number of hydrogen-bond donors (Lipinski definition) is 1. The van der Waals surface area contributed by atoms with E-state index in [9.17, 15) is 0 Å². The Kier molecular flexibility index (Phi) is 3.34. The quantitative estimate of drug-likeness (QED) is 0.885. The van der Waals surface area contributed by atoms with Gasteiger partial charge in [0.05, 0.1) is 0 Å². The summed E-state index contributed by atoms with van der Waals surface area (Å²) in [5.41, 5.74) is 3.11. The van der Waals surface area contributed by atoms with Gasteiger partial charge in [-0.15, -0.1) is 0 Å². The van der Waals surface area contributed by atoms with Gasteiger partial charge < -0.3 is 5.32 Å². The van der Waals surface area contributed by atoms with Gasteiger partial charge in [-0.3, -0.25) is 4.98 Å². The first kappa shape index (κ1) is 12.4. The molecule has 0 radical (unpaired) electrons. The van der Waals surface area contributed by atoms with Gasteiger partial charge in [-0.05, 0) is 43.5 Å². The minimum atomic E-state index is 0.325. The zero-order valence-electron chi connectivity index (χ0n) is 11.3. The highest BCUT2D eigenvalue weighted by molar-refractivity contribution is 5.34. The SMILES string of the molecule is CNC(Cc1cccnc1)C1(c2ccccc2)CC1. The Morgan fingerprint density at radius 3 is 2.53 bits per heavy atom. The van der Waals surface area contributed by atoms with Crippen molar-refractivity contribution in [2.24, 2.45) is 0 Å². The molecule has 98 valence electrons. The van der Waals surface area contributed by atoms with E-state index in [0.29, 0.717) is 11.5 Å². The molecule has 1 N–H and O–H groups in total. The predicted molar refractivity (Wildman–Crippen MR) is 78.1 cm³/mol. The summed E-state index contributed by atoms with van der Waals surface area (Å²) < 4.78 is 0. The molecule has 2 heteroatoms. The molecule has 0 bridgehead atoms. The smallest absolute Gasteiger partial charge is 0.0300 e. The van der Waals surface area contributed by atoms with Gasteiger partial charge in [-0.1, -0.05) is 36.4 Å². The van der Waals surface area contributed by atoms with Crippen LogP contribution in [-0.2, 0) is 11.8 Å². The molecular weight excluding hydrogens is 232 g/mol. The molecule has 19 heavy (non-hydrogen) atoms. The molecule has 1 unspecified atom stereocenters. The predicted octanol–water partition coefficient (Wildman–Crippen LogP) is 2.94. The van der Waals surface area contributed by atoms with Crippen LogP contribution < -0.4 is 5.32 Å². The largest absolute Gasteiger partial charge is 0.316 e. The summed E-state index contributed by atoms with van der Waals surface area (Å²) in [5, 5.41) is 3.52. The van der Waals surface area contributed by atoms with Gasteiger partial charge in [-0.2, -0.15) is 0 Å². The highest BCUT2D eigenvalue weighted by Crippen LogP contribution is 2.51. The van der Waals surface area contributed by atoms with Gasteiger partial charge in [0.25, 0.3) is 0 Å². The summed E-state index contributed by atoms with van der Waals surface area (Å²) in [4.78, 5) is 4.22. The lowest BCUT2D eigenvalue weighted by Crippen LogP contribution is -2.39. The number of pyridine rings is 1. The Bertz CT molecular complexity index is 517. The lowest BCUT2D eigenvalue weighted by Gasteiger charge is -2.27. The first-order valence-corrected chi connectivity index (χ1v) is 6.97. The number of nitrogens with one attached hydrogen (secondary N) is 1. The van der Waals surface area contributed by atoms with E-state index in [0.717, 1.165) is 6.42 Å². The van der Waals surface area contributed by atoms with Crippen LogP contribution in [0.2, 0.25) is 0 Å². The van der Waals surface area contributed by atoms with E-state index < -0.39 is 0 Å². The van der Waals surface area contributed by atoms with Crippen molar-refractivity contribution < 1.29 is 0 Å². The van der Waals surface area contributed by atoms with E-state index in [4.69, 9.17) is 0 Å². The van der Waals surface area contributed by atoms with Crippen LogP contribution in [0, 0.1) is 0 Å². The molecule has 1 aromatic carbocycles. The van der Waals surface area contributed by atoms with Crippen molar-refractivity contribution in [1.82, 2.24) is 10.3 Å². The fourth-order valence-corrected chi connectivity index (χ4v) is 3.07. The van der Waals surface area contributed by atoms with Crippen LogP contribution >= 0.6 is 0 Å². The zero-order chi connectivity index (χ0) is 13.1. The van der Waals surface area contributed by atoms with E-state index in [1.54, 1.807) is 0 Å². The first-order chi connectivity index (χ1) is 9.35. The Labute approximate surface area is 114 Å². The molecule has 3 rings (SSSR count). The van der Waals surface area contributed by atoms with Crippen LogP contribution in [0.15, 0.2) is 54.9 Å². The summed E-state index contributed by atoms with van der Waals surface area (Å²) in [6.45, 7) is 0. The summed E-state index contributed by atoms with van der Waals surface area (Å²) in [7, 11) is 2.07. The summed E-state index contributed by atoms with van der Waals surface area (Å²) >= 11 is 0. The Morgan fingerprint density at radius 1 is 1.16 bits per heavy atom. The second-order valence-corrected chi connectivity index (χ2v) is 5.43. The minimum Gasteiger partial charge on any atom is -0.316 e. The molecule has 1 heterocycles. The third-order valence-electron chi connectivity index (χ3n) is 4.32. The van der Waals surface area contributed by atoms with Crippen molar-refractivity contribution in [2.45, 2.75) is 30.7 Å². The number of benzene rings is 1. The van der Waals surface area contributed by atoms with E-state index in [1.807, 2.05) is 18.5 Å². The summed E-state index contributed by atoms with van der Waals surface area (Å²) in [5.74, 6) is 0. The minimum absolute atomic E-state index is 0.325. The van der Waals surface area contributed by atoms with Crippen LogP contribution in [-0.4, -0.2) is 18.1 Å². The van der Waals surface area contributed by atoms with E-state index >= 15 is 0 Å². The van der Waals surface area contributed by atoms with Gasteiger partial charge >= 0.3 is 0 Å². The average Bonchev–Trinajstić information content (AvgIpc) is 3.28. The topological polar surface area (TPSA) is 24.9 Å². The third-order valence-corrected chi connectivity index (χ3v) is 4.32. The molecule has 0 aliphatic heterocycles. The molecule has 1 aromatic heterocycles. The molecule has 1 aliphatic carbocycles. The highest BCUT2D eigenvalue weighted by atomic mass is 14.9. The number of likely N-dealkylation sites (N-methyl/N-ethyl adjacent to an activating group) is 1. The standard InChI is InChI=1S/C17H20N2/c1-18-16(12-14-6-5-11-19-13-14)17(9-10-17)15-7-3-2-4-8-15/h2-8,11,13,16,18H,9-10,12H2,1H3. The van der Waals surface area contributed by atoms with Gasteiger partial charge in [0, 0.05) is 23.9 Å². The maximum atomic E-state index is 4.22. The lowest BCUT2D eigenvalue weighted by atomic mass is 9.85. The maximum Gasteiger partial charge on any atom is 0.0300 e. The van der Waals surface area contributed by atoms with Crippen molar-refractivity contribution in [3.8, 4) is 0 Å². The number of rotatable bonds is 5. The molecule has 0 saturated heterocycles. The van der Waals surface area contributed by atoms with E-state index in [1.165, 1.54) is 24.0 Å². The number of hydrogen-bond acceptors (Lipinski definition) is 2. The van der Waals surface area contributed by atoms with Gasteiger partial charge in [0.15, 0.2) is 0 Å². The monoisotopic (exact) mass is 252 g/mol. The van der Waals surface area contributed by atoms with Crippen molar-refractivity contribution in [3.05, 3.63) is 66.0 Å². The summed E-state index contributed by atoms with van der Waals surface area (Å²) in [6, 6.07) is 15.6. The second-order valence-electron chi connectivity index (χ2n) is 5.43. The van der Waals surface area contributed by atoms with Crippen LogP contribution in [0.4, 0.5) is 0 Å². The average molecular weight is 252 g/mol. The van der Waals surface area contributed by atoms with Crippen molar-refractivity contribution >= 4 is 0 Å². The molecule has 0 amide bonds. The maximum absolute atomic E-state index is 4.22. The second kappa shape index (κ2) is 5.14. The third kappa shape index (κ3) is 2.41. The summed E-state index contributed by atoms with van der Waals surface area (Å²) in [6.07, 6.45) is 7.41. The molecular formula is C17H20N2. The van der Waals surface area contributed by atoms with E-state index in [-0.39, 0.29) is 0 Å². The molecule has 1 fully saturated rings. The molecule has 1 aliphatic rings. The van der Waals surface area contributed by atoms with Gasteiger partial charge in [-0.25, -0.2) is 0 Å². The highest BCUT2D eigenvalue weighted by Gasteiger charge is 2.49. The van der Waals surface area contributed by atoms with Gasteiger partial charge in [0.2, 0.25) is 0 Å². The fraction of sp³-hybridized carbons (Fsp3) is 0.353. The van der Waals surface area contributed by atoms with Crippen LogP contribution in [0.5, 0.6) is 0 Å².